The van der Waals surface area contributed by atoms with Gasteiger partial charge in [0.15, 0.2) is 0 Å². The molecule has 0 heterocycles. The van der Waals surface area contributed by atoms with Gasteiger partial charge in [-0.3, -0.25) is 0 Å². The number of amides is 1. The van der Waals surface area contributed by atoms with Crippen LogP contribution in [0.4, 0.5) is 4.79 Å². The van der Waals surface area contributed by atoms with E-state index in [2.05, 4.69) is 12.2 Å². The molecule has 17 heavy (non-hydrogen) atoms. The Labute approximate surface area is 105 Å². The Balaban J connectivity index is 3.50. The summed E-state index contributed by atoms with van der Waals surface area (Å²) in [5, 5.41) is 11.6. The standard InChI is InChI=1S/C13H27NO3/c1-3-5-6-7-8-9-10-12(11-15)17-13(16)14-4-2/h12,15H,3-11H2,1-2H3,(H,14,16). The zero-order valence-corrected chi connectivity index (χ0v) is 11.2. The second-order valence-corrected chi connectivity index (χ2v) is 4.30. The summed E-state index contributed by atoms with van der Waals surface area (Å²) in [7, 11) is 0. The number of nitrogens with one attached hydrogen (secondary N) is 1. The number of alkyl carbamates (subject to hydrolysis) is 1. The van der Waals surface area contributed by atoms with Crippen LogP contribution in [0.3, 0.4) is 0 Å². The summed E-state index contributed by atoms with van der Waals surface area (Å²) in [6.07, 6.45) is 7.16. The predicted octanol–water partition coefficient (Wildman–Crippen LogP) is 2.84. The van der Waals surface area contributed by atoms with Gasteiger partial charge in [-0.25, -0.2) is 4.79 Å². The quantitative estimate of drug-likeness (QED) is 0.582. The van der Waals surface area contributed by atoms with Crippen molar-refractivity contribution in [3.63, 3.8) is 0 Å². The topological polar surface area (TPSA) is 58.6 Å². The fourth-order valence-corrected chi connectivity index (χ4v) is 1.68. The van der Waals surface area contributed by atoms with E-state index in [0.717, 1.165) is 19.3 Å². The lowest BCUT2D eigenvalue weighted by Crippen LogP contribution is -2.30. The molecule has 4 heteroatoms. The van der Waals surface area contributed by atoms with Gasteiger partial charge in [0.2, 0.25) is 0 Å². The summed E-state index contributed by atoms with van der Waals surface area (Å²) >= 11 is 0. The second kappa shape index (κ2) is 11.7. The second-order valence-electron chi connectivity index (χ2n) is 4.30. The first-order chi connectivity index (χ1) is 8.24. The van der Waals surface area contributed by atoms with E-state index < -0.39 is 6.09 Å². The van der Waals surface area contributed by atoms with Crippen LogP contribution >= 0.6 is 0 Å². The number of aliphatic hydroxyl groups excluding tert-OH is 1. The van der Waals surface area contributed by atoms with E-state index in [0.29, 0.717) is 6.54 Å². The van der Waals surface area contributed by atoms with Crippen LogP contribution in [0, 0.1) is 0 Å². The Morgan fingerprint density at radius 3 is 2.41 bits per heavy atom. The molecule has 0 radical (unpaired) electrons. The van der Waals surface area contributed by atoms with Gasteiger partial charge in [0.25, 0.3) is 0 Å². The normalized spacial score (nSPS) is 12.2. The number of hydrogen-bond donors (Lipinski definition) is 2. The lowest BCUT2D eigenvalue weighted by Gasteiger charge is -2.15. The summed E-state index contributed by atoms with van der Waals surface area (Å²) in [4.78, 5) is 11.1. The summed E-state index contributed by atoms with van der Waals surface area (Å²) in [6.45, 7) is 4.49. The molecule has 0 aliphatic carbocycles. The minimum Gasteiger partial charge on any atom is -0.444 e. The first kappa shape index (κ1) is 16.2. The van der Waals surface area contributed by atoms with Crippen LogP contribution < -0.4 is 5.32 Å². The van der Waals surface area contributed by atoms with Crippen LogP contribution in [0.25, 0.3) is 0 Å². The van der Waals surface area contributed by atoms with Crippen LogP contribution in [0.5, 0.6) is 0 Å². The molecule has 2 N–H and O–H groups in total. The van der Waals surface area contributed by atoms with Crippen molar-refractivity contribution >= 4 is 6.09 Å². The maximum atomic E-state index is 11.1. The predicted molar refractivity (Wildman–Crippen MR) is 69.0 cm³/mol. The SMILES string of the molecule is CCCCCCCCC(CO)OC(=O)NCC. The van der Waals surface area contributed by atoms with Gasteiger partial charge in [-0.15, -0.1) is 0 Å². The third-order valence-electron chi connectivity index (χ3n) is 2.68. The van der Waals surface area contributed by atoms with Gasteiger partial charge in [0.05, 0.1) is 6.61 Å². The van der Waals surface area contributed by atoms with Gasteiger partial charge < -0.3 is 15.2 Å². The Morgan fingerprint density at radius 2 is 1.82 bits per heavy atom. The maximum absolute atomic E-state index is 11.1. The summed E-state index contributed by atoms with van der Waals surface area (Å²) < 4.78 is 5.07. The lowest BCUT2D eigenvalue weighted by atomic mass is 10.1. The molecule has 102 valence electrons. The molecule has 1 atom stereocenters. The Bertz CT molecular complexity index is 186. The van der Waals surface area contributed by atoms with Gasteiger partial charge in [0, 0.05) is 6.54 Å². The Morgan fingerprint density at radius 1 is 1.18 bits per heavy atom. The van der Waals surface area contributed by atoms with Crippen molar-refractivity contribution in [2.75, 3.05) is 13.2 Å². The summed E-state index contributed by atoms with van der Waals surface area (Å²) in [5.41, 5.74) is 0. The van der Waals surface area contributed by atoms with Crippen molar-refractivity contribution in [2.45, 2.75) is 64.9 Å². The number of carbonyl (C=O) groups excluding carboxylic acids is 1. The van der Waals surface area contributed by atoms with Gasteiger partial charge in [0.1, 0.15) is 6.10 Å². The highest BCUT2D eigenvalue weighted by Gasteiger charge is 2.11. The highest BCUT2D eigenvalue weighted by Crippen LogP contribution is 2.10. The minimum atomic E-state index is -0.433. The molecule has 4 nitrogen and oxygen atoms in total. The molecule has 0 saturated carbocycles. The van der Waals surface area contributed by atoms with Crippen molar-refractivity contribution in [1.29, 1.82) is 0 Å². The first-order valence-corrected chi connectivity index (χ1v) is 6.79. The molecule has 0 rings (SSSR count). The molecule has 1 unspecified atom stereocenters. The maximum Gasteiger partial charge on any atom is 0.407 e. The fourth-order valence-electron chi connectivity index (χ4n) is 1.68. The zero-order valence-electron chi connectivity index (χ0n) is 11.2. The van der Waals surface area contributed by atoms with E-state index in [-0.39, 0.29) is 12.7 Å². The Hall–Kier alpha value is -0.770. The molecule has 0 spiro atoms. The van der Waals surface area contributed by atoms with Crippen LogP contribution in [-0.4, -0.2) is 30.5 Å². The zero-order chi connectivity index (χ0) is 12.9. The third kappa shape index (κ3) is 10.1. The van der Waals surface area contributed by atoms with E-state index in [4.69, 9.17) is 9.84 Å². The molecule has 0 aromatic heterocycles. The van der Waals surface area contributed by atoms with Crippen LogP contribution in [0.15, 0.2) is 0 Å². The fraction of sp³-hybridized carbons (Fsp3) is 0.923. The average molecular weight is 245 g/mol. The van der Waals surface area contributed by atoms with Gasteiger partial charge >= 0.3 is 6.09 Å². The molecule has 1 amide bonds. The van der Waals surface area contributed by atoms with E-state index >= 15 is 0 Å². The number of rotatable bonds is 10. The van der Waals surface area contributed by atoms with Gasteiger partial charge in [-0.2, -0.15) is 0 Å². The molecule has 0 aromatic rings. The average Bonchev–Trinajstić information content (AvgIpc) is 2.32. The van der Waals surface area contributed by atoms with Crippen molar-refractivity contribution in [1.82, 2.24) is 5.32 Å². The highest BCUT2D eigenvalue weighted by atomic mass is 16.6. The molecule has 0 aromatic carbocycles. The van der Waals surface area contributed by atoms with Crippen LogP contribution in [-0.2, 0) is 4.74 Å². The van der Waals surface area contributed by atoms with Crippen molar-refractivity contribution in [3.8, 4) is 0 Å². The van der Waals surface area contributed by atoms with Crippen molar-refractivity contribution in [3.05, 3.63) is 0 Å². The first-order valence-electron chi connectivity index (χ1n) is 6.79. The number of hydrogen-bond acceptors (Lipinski definition) is 3. The third-order valence-corrected chi connectivity index (χ3v) is 2.68. The largest absolute Gasteiger partial charge is 0.444 e. The molecule has 0 fully saturated rings. The molecule has 0 aliphatic rings. The van der Waals surface area contributed by atoms with E-state index in [1.807, 2.05) is 6.92 Å². The Kier molecular flexibility index (Phi) is 11.2. The monoisotopic (exact) mass is 245 g/mol. The number of carbonyl (C=O) groups is 1. The van der Waals surface area contributed by atoms with Crippen molar-refractivity contribution in [2.24, 2.45) is 0 Å². The van der Waals surface area contributed by atoms with E-state index in [1.54, 1.807) is 0 Å². The smallest absolute Gasteiger partial charge is 0.407 e. The van der Waals surface area contributed by atoms with Crippen LogP contribution in [0.1, 0.15) is 58.8 Å². The van der Waals surface area contributed by atoms with E-state index in [9.17, 15) is 4.79 Å². The van der Waals surface area contributed by atoms with Crippen LogP contribution in [0.2, 0.25) is 0 Å². The summed E-state index contributed by atoms with van der Waals surface area (Å²) in [6, 6.07) is 0. The van der Waals surface area contributed by atoms with Gasteiger partial charge in [-0.1, -0.05) is 39.0 Å². The summed E-state index contributed by atoms with van der Waals surface area (Å²) in [5.74, 6) is 0. The minimum absolute atomic E-state index is 0.0912. The molecule has 0 bridgehead atoms. The molecule has 0 saturated heterocycles. The van der Waals surface area contributed by atoms with Gasteiger partial charge in [-0.05, 0) is 19.8 Å². The number of aliphatic hydroxyl groups is 1. The van der Waals surface area contributed by atoms with Crippen molar-refractivity contribution < 1.29 is 14.6 Å². The number of unbranched alkanes of at least 4 members (excludes halogenated alkanes) is 5. The molecule has 0 aliphatic heterocycles. The van der Waals surface area contributed by atoms with E-state index in [1.165, 1.54) is 25.7 Å². The molecular weight excluding hydrogens is 218 g/mol. The highest BCUT2D eigenvalue weighted by molar-refractivity contribution is 5.67. The lowest BCUT2D eigenvalue weighted by molar-refractivity contribution is 0.0515. The number of ether oxygens (including phenoxy) is 1. The molecular formula is C13H27NO3.